The Labute approximate surface area is 202 Å². The lowest BCUT2D eigenvalue weighted by Crippen LogP contribution is -2.50. The lowest BCUT2D eigenvalue weighted by Gasteiger charge is -2.41. The summed E-state index contributed by atoms with van der Waals surface area (Å²) in [5.41, 5.74) is 3.10. The second-order valence-corrected chi connectivity index (χ2v) is 11.3. The van der Waals surface area contributed by atoms with E-state index in [1.165, 1.54) is 32.1 Å². The van der Waals surface area contributed by atoms with Crippen molar-refractivity contribution in [1.29, 1.82) is 0 Å². The maximum absolute atomic E-state index is 13.2. The van der Waals surface area contributed by atoms with Gasteiger partial charge in [-0.3, -0.25) is 9.62 Å². The molecule has 0 spiro atoms. The maximum atomic E-state index is 13.2. The van der Waals surface area contributed by atoms with E-state index in [9.17, 15) is 18.3 Å². The number of carboxylic acids is 1. The minimum atomic E-state index is -3.94. The quantitative estimate of drug-likeness (QED) is 0.623. The molecule has 2 aromatic carbocycles. The fourth-order valence-electron chi connectivity index (χ4n) is 5.57. The molecule has 4 rings (SSSR count). The van der Waals surface area contributed by atoms with Crippen LogP contribution in [-0.4, -0.2) is 56.6 Å². The van der Waals surface area contributed by atoms with Gasteiger partial charge in [0.1, 0.15) is 0 Å². The number of sulfonamides is 1. The molecule has 8 heteroatoms. The Morgan fingerprint density at radius 1 is 0.941 bits per heavy atom. The molecule has 1 heterocycles. The zero-order chi connectivity index (χ0) is 24.5. The number of aromatic carboxylic acids is 1. The Hall–Kier alpha value is -2.58. The molecular formula is C26H35N3O4S. The van der Waals surface area contributed by atoms with E-state index in [-0.39, 0.29) is 16.1 Å². The summed E-state index contributed by atoms with van der Waals surface area (Å²) < 4.78 is 28.9. The van der Waals surface area contributed by atoms with Crippen molar-refractivity contribution in [3.05, 3.63) is 52.6 Å². The molecule has 1 saturated carbocycles. The average molecular weight is 486 g/mol. The summed E-state index contributed by atoms with van der Waals surface area (Å²) >= 11 is 0. The molecule has 2 fully saturated rings. The number of hydrogen-bond acceptors (Lipinski definition) is 5. The lowest BCUT2D eigenvalue weighted by atomic mass is 9.94. The number of piperazine rings is 1. The molecule has 0 radical (unpaired) electrons. The van der Waals surface area contributed by atoms with Gasteiger partial charge in [0, 0.05) is 37.9 Å². The van der Waals surface area contributed by atoms with E-state index >= 15 is 0 Å². The van der Waals surface area contributed by atoms with E-state index in [1.54, 1.807) is 26.0 Å². The van der Waals surface area contributed by atoms with Crippen molar-refractivity contribution >= 4 is 27.4 Å². The molecule has 0 amide bonds. The van der Waals surface area contributed by atoms with Gasteiger partial charge in [-0.2, -0.15) is 0 Å². The maximum Gasteiger partial charge on any atom is 0.337 e. The first-order valence-electron chi connectivity index (χ1n) is 12.1. The van der Waals surface area contributed by atoms with Crippen LogP contribution in [0.2, 0.25) is 0 Å². The number of anilines is 2. The standard InChI is InChI=1S/C26H35N3O4S/c1-18-15-19(2)25(20(3)16-18)34(32,33)27-24-10-9-22(17-23(24)26(30)31)29-13-11-28(12-14-29)21-7-5-4-6-8-21/h9-10,15-17,21,27H,4-8,11-14H2,1-3H3,(H,30,31). The number of nitrogens with one attached hydrogen (secondary N) is 1. The summed E-state index contributed by atoms with van der Waals surface area (Å²) in [4.78, 5) is 17.0. The first-order chi connectivity index (χ1) is 16.2. The van der Waals surface area contributed by atoms with E-state index in [1.807, 2.05) is 25.1 Å². The molecule has 0 aromatic heterocycles. The highest BCUT2D eigenvalue weighted by molar-refractivity contribution is 7.92. The van der Waals surface area contributed by atoms with Gasteiger partial charge in [-0.05, 0) is 62.9 Å². The van der Waals surface area contributed by atoms with Crippen LogP contribution in [0.5, 0.6) is 0 Å². The molecule has 2 N–H and O–H groups in total. The minimum absolute atomic E-state index is 0.0433. The molecule has 2 aromatic rings. The van der Waals surface area contributed by atoms with Gasteiger partial charge in [0.15, 0.2) is 0 Å². The van der Waals surface area contributed by atoms with Gasteiger partial charge >= 0.3 is 5.97 Å². The average Bonchev–Trinajstić information content (AvgIpc) is 2.79. The van der Waals surface area contributed by atoms with Crippen molar-refractivity contribution in [2.24, 2.45) is 0 Å². The predicted molar refractivity (Wildman–Crippen MR) is 136 cm³/mol. The van der Waals surface area contributed by atoms with Crippen LogP contribution in [0, 0.1) is 20.8 Å². The molecule has 1 saturated heterocycles. The van der Waals surface area contributed by atoms with Gasteiger partial charge in [-0.1, -0.05) is 37.0 Å². The van der Waals surface area contributed by atoms with Gasteiger partial charge < -0.3 is 10.0 Å². The van der Waals surface area contributed by atoms with Gasteiger partial charge in [0.2, 0.25) is 0 Å². The Kier molecular flexibility index (Phi) is 7.19. The third-order valence-corrected chi connectivity index (χ3v) is 8.79. The topological polar surface area (TPSA) is 90.0 Å². The molecular weight excluding hydrogens is 450 g/mol. The van der Waals surface area contributed by atoms with Crippen LogP contribution >= 0.6 is 0 Å². The fourth-order valence-corrected chi connectivity index (χ4v) is 7.11. The molecule has 0 bridgehead atoms. The van der Waals surface area contributed by atoms with Crippen LogP contribution in [0.25, 0.3) is 0 Å². The first-order valence-corrected chi connectivity index (χ1v) is 13.6. The van der Waals surface area contributed by atoms with Crippen LogP contribution in [0.15, 0.2) is 35.2 Å². The Morgan fingerprint density at radius 3 is 2.15 bits per heavy atom. The van der Waals surface area contributed by atoms with Crippen molar-refractivity contribution in [3.8, 4) is 0 Å². The fraction of sp³-hybridized carbons (Fsp3) is 0.500. The van der Waals surface area contributed by atoms with E-state index in [4.69, 9.17) is 0 Å². The number of carbonyl (C=O) groups is 1. The Morgan fingerprint density at radius 2 is 1.56 bits per heavy atom. The lowest BCUT2D eigenvalue weighted by molar-refractivity contribution is 0.0698. The van der Waals surface area contributed by atoms with E-state index in [0.717, 1.165) is 37.4 Å². The van der Waals surface area contributed by atoms with Gasteiger partial charge in [-0.15, -0.1) is 0 Å². The highest BCUT2D eigenvalue weighted by atomic mass is 32.2. The van der Waals surface area contributed by atoms with Crippen LogP contribution in [0.1, 0.15) is 59.2 Å². The zero-order valence-electron chi connectivity index (χ0n) is 20.3. The molecule has 2 aliphatic rings. The van der Waals surface area contributed by atoms with Crippen molar-refractivity contribution in [2.75, 3.05) is 35.8 Å². The normalized spacial score (nSPS) is 18.1. The number of hydrogen-bond donors (Lipinski definition) is 2. The van der Waals surface area contributed by atoms with Crippen molar-refractivity contribution in [3.63, 3.8) is 0 Å². The predicted octanol–water partition coefficient (Wildman–Crippen LogP) is 4.57. The monoisotopic (exact) mass is 485 g/mol. The van der Waals surface area contributed by atoms with Crippen LogP contribution in [0.3, 0.4) is 0 Å². The van der Waals surface area contributed by atoms with Gasteiger partial charge in [0.05, 0.1) is 16.1 Å². The van der Waals surface area contributed by atoms with Crippen LogP contribution in [0.4, 0.5) is 11.4 Å². The molecule has 7 nitrogen and oxygen atoms in total. The second-order valence-electron chi connectivity index (χ2n) is 9.68. The van der Waals surface area contributed by atoms with E-state index in [2.05, 4.69) is 14.5 Å². The number of carboxylic acid groups (broad SMARTS) is 1. The summed E-state index contributed by atoms with van der Waals surface area (Å²) in [6.07, 6.45) is 6.52. The van der Waals surface area contributed by atoms with Crippen LogP contribution in [-0.2, 0) is 10.0 Å². The minimum Gasteiger partial charge on any atom is -0.478 e. The zero-order valence-corrected chi connectivity index (χ0v) is 21.1. The third-order valence-electron chi connectivity index (χ3n) is 7.12. The second kappa shape index (κ2) is 9.96. The summed E-state index contributed by atoms with van der Waals surface area (Å²) in [6.45, 7) is 9.02. The van der Waals surface area contributed by atoms with Gasteiger partial charge in [0.25, 0.3) is 10.0 Å². The SMILES string of the molecule is Cc1cc(C)c(S(=O)(=O)Nc2ccc(N3CCN(C4CCCCC4)CC3)cc2C(=O)O)c(C)c1. The number of nitrogens with zero attached hydrogens (tertiary/aromatic N) is 2. The molecule has 0 unspecified atom stereocenters. The summed E-state index contributed by atoms with van der Waals surface area (Å²) in [5, 5.41) is 9.85. The molecule has 1 aliphatic carbocycles. The molecule has 184 valence electrons. The summed E-state index contributed by atoms with van der Waals surface area (Å²) in [7, 11) is -3.94. The van der Waals surface area contributed by atoms with Crippen molar-refractivity contribution in [1.82, 2.24) is 4.90 Å². The first kappa shape index (κ1) is 24.5. The summed E-state index contributed by atoms with van der Waals surface area (Å²) in [6, 6.07) is 9.28. The van der Waals surface area contributed by atoms with E-state index in [0.29, 0.717) is 17.2 Å². The van der Waals surface area contributed by atoms with Crippen molar-refractivity contribution < 1.29 is 18.3 Å². The Balaban J connectivity index is 1.53. The largest absolute Gasteiger partial charge is 0.478 e. The van der Waals surface area contributed by atoms with Crippen molar-refractivity contribution in [2.45, 2.75) is 63.8 Å². The van der Waals surface area contributed by atoms with Gasteiger partial charge in [-0.25, -0.2) is 13.2 Å². The molecule has 1 aliphatic heterocycles. The number of aryl methyl sites for hydroxylation is 3. The highest BCUT2D eigenvalue weighted by Gasteiger charge is 2.27. The van der Waals surface area contributed by atoms with Crippen LogP contribution < -0.4 is 9.62 Å². The van der Waals surface area contributed by atoms with E-state index < -0.39 is 16.0 Å². The number of rotatable bonds is 6. The highest BCUT2D eigenvalue weighted by Crippen LogP contribution is 2.30. The third kappa shape index (κ3) is 5.23. The summed E-state index contributed by atoms with van der Waals surface area (Å²) in [5.74, 6) is -1.15. The molecule has 34 heavy (non-hydrogen) atoms. The molecule has 0 atom stereocenters. The smallest absolute Gasteiger partial charge is 0.337 e. The Bertz CT molecular complexity index is 1140. The number of benzene rings is 2.